The predicted octanol–water partition coefficient (Wildman–Crippen LogP) is 0.383. The van der Waals surface area contributed by atoms with E-state index in [0.717, 1.165) is 23.5 Å². The van der Waals surface area contributed by atoms with Gasteiger partial charge in [-0.1, -0.05) is 6.07 Å². The minimum absolute atomic E-state index is 0.239. The fraction of sp³-hybridized carbons (Fsp3) is 0.462. The van der Waals surface area contributed by atoms with Crippen molar-refractivity contribution in [2.75, 3.05) is 19.9 Å². The highest BCUT2D eigenvalue weighted by molar-refractivity contribution is 5.67. The molecule has 0 aromatic heterocycles. The SMILES string of the molecule is O=C(O)CC(O)CNCCc1ccc2c(c1)OCO2. The number of hydrogen-bond acceptors (Lipinski definition) is 5. The van der Waals surface area contributed by atoms with Crippen molar-refractivity contribution in [3.05, 3.63) is 23.8 Å². The highest BCUT2D eigenvalue weighted by Gasteiger charge is 2.13. The number of ether oxygens (including phenoxy) is 2. The number of aliphatic hydroxyl groups excluding tert-OH is 1. The second-order valence-electron chi connectivity index (χ2n) is 4.39. The minimum Gasteiger partial charge on any atom is -0.481 e. The Kier molecular flexibility index (Phi) is 4.59. The zero-order valence-electron chi connectivity index (χ0n) is 10.5. The van der Waals surface area contributed by atoms with Gasteiger partial charge in [-0.3, -0.25) is 4.79 Å². The van der Waals surface area contributed by atoms with Gasteiger partial charge in [0.1, 0.15) is 0 Å². The number of aliphatic hydroxyl groups is 1. The van der Waals surface area contributed by atoms with Crippen LogP contribution in [0, 0.1) is 0 Å². The van der Waals surface area contributed by atoms with Crippen molar-refractivity contribution in [2.24, 2.45) is 0 Å². The highest BCUT2D eigenvalue weighted by Crippen LogP contribution is 2.32. The van der Waals surface area contributed by atoms with Crippen molar-refractivity contribution in [1.82, 2.24) is 5.32 Å². The van der Waals surface area contributed by atoms with Gasteiger partial charge in [-0.25, -0.2) is 0 Å². The Morgan fingerprint density at radius 1 is 1.37 bits per heavy atom. The Morgan fingerprint density at radius 3 is 2.95 bits per heavy atom. The molecule has 3 N–H and O–H groups in total. The molecule has 0 aliphatic carbocycles. The first-order valence-electron chi connectivity index (χ1n) is 6.14. The van der Waals surface area contributed by atoms with Gasteiger partial charge < -0.3 is 25.0 Å². The molecule has 1 aromatic rings. The van der Waals surface area contributed by atoms with E-state index in [-0.39, 0.29) is 19.8 Å². The number of carbonyl (C=O) groups is 1. The summed E-state index contributed by atoms with van der Waals surface area (Å²) in [6.07, 6.45) is -0.317. The smallest absolute Gasteiger partial charge is 0.306 e. The van der Waals surface area contributed by atoms with E-state index in [1.807, 2.05) is 18.2 Å². The first kappa shape index (κ1) is 13.6. The second kappa shape index (κ2) is 6.40. The van der Waals surface area contributed by atoms with E-state index in [1.54, 1.807) is 0 Å². The van der Waals surface area contributed by atoms with Gasteiger partial charge in [0.15, 0.2) is 11.5 Å². The molecule has 1 unspecified atom stereocenters. The molecule has 0 saturated heterocycles. The van der Waals surface area contributed by atoms with Crippen LogP contribution in [-0.2, 0) is 11.2 Å². The third-order valence-electron chi connectivity index (χ3n) is 2.82. The summed E-state index contributed by atoms with van der Waals surface area (Å²) in [6.45, 7) is 1.20. The first-order valence-corrected chi connectivity index (χ1v) is 6.14. The topological polar surface area (TPSA) is 88.0 Å². The lowest BCUT2D eigenvalue weighted by molar-refractivity contribution is -0.139. The van der Waals surface area contributed by atoms with Gasteiger partial charge >= 0.3 is 5.97 Å². The second-order valence-corrected chi connectivity index (χ2v) is 4.39. The monoisotopic (exact) mass is 267 g/mol. The van der Waals surface area contributed by atoms with Crippen molar-refractivity contribution in [2.45, 2.75) is 18.9 Å². The summed E-state index contributed by atoms with van der Waals surface area (Å²) < 4.78 is 10.5. The van der Waals surface area contributed by atoms with Crippen LogP contribution in [0.4, 0.5) is 0 Å². The van der Waals surface area contributed by atoms with Gasteiger partial charge in [-0.2, -0.15) is 0 Å². The predicted molar refractivity (Wildman–Crippen MR) is 67.4 cm³/mol. The molecule has 1 aliphatic heterocycles. The van der Waals surface area contributed by atoms with Crippen LogP contribution in [0.3, 0.4) is 0 Å². The number of benzene rings is 1. The summed E-state index contributed by atoms with van der Waals surface area (Å²) in [5.41, 5.74) is 1.10. The van der Waals surface area contributed by atoms with Crippen molar-refractivity contribution in [3.63, 3.8) is 0 Å². The maximum absolute atomic E-state index is 10.4. The number of rotatable bonds is 7. The van der Waals surface area contributed by atoms with Crippen LogP contribution in [0.15, 0.2) is 18.2 Å². The van der Waals surface area contributed by atoms with Crippen molar-refractivity contribution < 1.29 is 24.5 Å². The molecule has 0 saturated carbocycles. The average molecular weight is 267 g/mol. The molecule has 1 atom stereocenters. The maximum atomic E-state index is 10.4. The Labute approximate surface area is 111 Å². The van der Waals surface area contributed by atoms with Crippen LogP contribution in [0.5, 0.6) is 11.5 Å². The molecule has 6 heteroatoms. The number of carboxylic acid groups (broad SMARTS) is 1. The van der Waals surface area contributed by atoms with Crippen LogP contribution in [0.2, 0.25) is 0 Å². The third kappa shape index (κ3) is 4.11. The Balaban J connectivity index is 1.70. The zero-order chi connectivity index (χ0) is 13.7. The molecule has 0 spiro atoms. The van der Waals surface area contributed by atoms with Gasteiger partial charge in [-0.15, -0.1) is 0 Å². The number of carboxylic acids is 1. The molecule has 104 valence electrons. The molecule has 1 aliphatic rings. The molecule has 1 aromatic carbocycles. The summed E-state index contributed by atoms with van der Waals surface area (Å²) in [6, 6.07) is 5.76. The molecule has 0 radical (unpaired) electrons. The van der Waals surface area contributed by atoms with E-state index in [9.17, 15) is 9.90 Å². The zero-order valence-corrected chi connectivity index (χ0v) is 10.5. The lowest BCUT2D eigenvalue weighted by Crippen LogP contribution is -2.30. The lowest BCUT2D eigenvalue weighted by Gasteiger charge is -2.09. The van der Waals surface area contributed by atoms with Crippen LogP contribution in [0.25, 0.3) is 0 Å². The van der Waals surface area contributed by atoms with E-state index in [4.69, 9.17) is 14.6 Å². The quantitative estimate of drug-likeness (QED) is 0.619. The van der Waals surface area contributed by atoms with Gasteiger partial charge in [0, 0.05) is 6.54 Å². The maximum Gasteiger partial charge on any atom is 0.306 e. The van der Waals surface area contributed by atoms with E-state index in [1.165, 1.54) is 0 Å². The number of nitrogens with one attached hydrogen (secondary N) is 1. The number of aliphatic carboxylic acids is 1. The van der Waals surface area contributed by atoms with E-state index >= 15 is 0 Å². The van der Waals surface area contributed by atoms with Gasteiger partial charge in [0.2, 0.25) is 6.79 Å². The van der Waals surface area contributed by atoms with Crippen LogP contribution in [0.1, 0.15) is 12.0 Å². The molecular formula is C13H17NO5. The van der Waals surface area contributed by atoms with Gasteiger partial charge in [0.25, 0.3) is 0 Å². The van der Waals surface area contributed by atoms with E-state index in [0.29, 0.717) is 6.54 Å². The molecule has 0 bridgehead atoms. The molecular weight excluding hydrogens is 250 g/mol. The summed E-state index contributed by atoms with van der Waals surface area (Å²) in [5, 5.41) is 20.9. The number of hydrogen-bond donors (Lipinski definition) is 3. The van der Waals surface area contributed by atoms with E-state index in [2.05, 4.69) is 5.32 Å². The number of fused-ring (bicyclic) bond motifs is 1. The van der Waals surface area contributed by atoms with Crippen molar-refractivity contribution >= 4 is 5.97 Å². The minimum atomic E-state index is -0.995. The Morgan fingerprint density at radius 2 is 2.16 bits per heavy atom. The molecule has 1 heterocycles. The van der Waals surface area contributed by atoms with Crippen LogP contribution >= 0.6 is 0 Å². The fourth-order valence-electron chi connectivity index (χ4n) is 1.87. The average Bonchev–Trinajstić information content (AvgIpc) is 2.81. The normalized spacial score (nSPS) is 14.4. The van der Waals surface area contributed by atoms with Crippen molar-refractivity contribution in [3.8, 4) is 11.5 Å². The van der Waals surface area contributed by atoms with Gasteiger partial charge in [0.05, 0.1) is 12.5 Å². The molecule has 0 amide bonds. The Hall–Kier alpha value is -1.79. The summed E-state index contributed by atoms with van der Waals surface area (Å²) >= 11 is 0. The van der Waals surface area contributed by atoms with Crippen LogP contribution < -0.4 is 14.8 Å². The summed E-state index contributed by atoms with van der Waals surface area (Å²) in [5.74, 6) is 0.516. The fourth-order valence-corrected chi connectivity index (χ4v) is 1.87. The molecule has 19 heavy (non-hydrogen) atoms. The summed E-state index contributed by atoms with van der Waals surface area (Å²) in [7, 11) is 0. The highest BCUT2D eigenvalue weighted by atomic mass is 16.7. The largest absolute Gasteiger partial charge is 0.481 e. The third-order valence-corrected chi connectivity index (χ3v) is 2.82. The summed E-state index contributed by atoms with van der Waals surface area (Å²) in [4.78, 5) is 10.4. The molecule has 0 fully saturated rings. The molecule has 2 rings (SSSR count). The molecule has 6 nitrogen and oxygen atoms in total. The van der Waals surface area contributed by atoms with Crippen molar-refractivity contribution in [1.29, 1.82) is 0 Å². The lowest BCUT2D eigenvalue weighted by atomic mass is 10.1. The van der Waals surface area contributed by atoms with E-state index < -0.39 is 12.1 Å². The first-order chi connectivity index (χ1) is 9.15. The van der Waals surface area contributed by atoms with Crippen LogP contribution in [-0.4, -0.2) is 42.2 Å². The standard InChI is InChI=1S/C13H17NO5/c15-10(6-13(16)17)7-14-4-3-9-1-2-11-12(5-9)19-8-18-11/h1-2,5,10,14-15H,3-4,6-8H2,(H,16,17). The van der Waals surface area contributed by atoms with Gasteiger partial charge in [-0.05, 0) is 30.7 Å². The Bertz CT molecular complexity index is 449.